The highest BCUT2D eigenvalue weighted by Gasteiger charge is 2.36. The second-order valence-electron chi connectivity index (χ2n) is 10.9. The molecule has 1 saturated heterocycles. The molecule has 2 aromatic carbocycles. The molecule has 1 amide bonds. The minimum atomic E-state index is -0.868. The standard InChI is InChI=1S/C35H41N3O9S/c1-6-9-25-31(34(41)46-8-3)32(24-20-23(42-4)11-13-26(24)43-5)38-33(40)29(48-35(38)36-25)19-22-10-12-27(28(18-22)45-7-2)47-21-30(39)37-14-16-44-17-15-37/h10-13,18-20,32H,6-9,14-17,21H2,1-5H3/b29-19-/t32-/m1/s1. The summed E-state index contributed by atoms with van der Waals surface area (Å²) in [5.41, 5.74) is 1.77. The molecular formula is C35H41N3O9S. The number of methoxy groups -OCH3 is 2. The molecule has 1 fully saturated rings. The van der Waals surface area contributed by atoms with Crippen molar-refractivity contribution in [1.29, 1.82) is 0 Å². The summed E-state index contributed by atoms with van der Waals surface area (Å²) < 4.78 is 35.7. The zero-order chi connectivity index (χ0) is 34.2. The summed E-state index contributed by atoms with van der Waals surface area (Å²) >= 11 is 1.23. The van der Waals surface area contributed by atoms with E-state index in [0.717, 1.165) is 6.42 Å². The molecule has 3 heterocycles. The summed E-state index contributed by atoms with van der Waals surface area (Å²) in [6.07, 6.45) is 2.99. The minimum Gasteiger partial charge on any atom is -0.497 e. The number of carbonyl (C=O) groups is 2. The summed E-state index contributed by atoms with van der Waals surface area (Å²) in [7, 11) is 3.09. The zero-order valence-corrected chi connectivity index (χ0v) is 28.7. The normalized spacial score (nSPS) is 16.2. The zero-order valence-electron chi connectivity index (χ0n) is 27.9. The van der Waals surface area contributed by atoms with Gasteiger partial charge >= 0.3 is 5.97 Å². The van der Waals surface area contributed by atoms with Crippen LogP contribution in [0.2, 0.25) is 0 Å². The van der Waals surface area contributed by atoms with Crippen LogP contribution in [-0.2, 0) is 19.1 Å². The van der Waals surface area contributed by atoms with Crippen LogP contribution in [0.1, 0.15) is 50.8 Å². The largest absolute Gasteiger partial charge is 0.497 e. The van der Waals surface area contributed by atoms with Crippen LogP contribution in [-0.4, -0.2) is 81.7 Å². The summed E-state index contributed by atoms with van der Waals surface area (Å²) in [6.45, 7) is 8.08. The molecule has 0 saturated carbocycles. The summed E-state index contributed by atoms with van der Waals surface area (Å²) in [4.78, 5) is 47.5. The molecule has 0 spiro atoms. The van der Waals surface area contributed by atoms with Gasteiger partial charge in [0.15, 0.2) is 22.9 Å². The van der Waals surface area contributed by atoms with Crippen molar-refractivity contribution in [1.82, 2.24) is 9.47 Å². The van der Waals surface area contributed by atoms with Crippen LogP contribution in [0, 0.1) is 0 Å². The van der Waals surface area contributed by atoms with Crippen molar-refractivity contribution >= 4 is 29.3 Å². The molecule has 5 rings (SSSR count). The Balaban J connectivity index is 1.59. The number of hydrogen-bond acceptors (Lipinski definition) is 11. The predicted octanol–water partition coefficient (Wildman–Crippen LogP) is 3.23. The van der Waals surface area contributed by atoms with Gasteiger partial charge in [-0.3, -0.25) is 14.2 Å². The maximum Gasteiger partial charge on any atom is 0.338 e. The fourth-order valence-electron chi connectivity index (χ4n) is 5.67. The van der Waals surface area contributed by atoms with Gasteiger partial charge in [-0.25, -0.2) is 9.79 Å². The van der Waals surface area contributed by atoms with Crippen LogP contribution in [0.25, 0.3) is 6.08 Å². The molecule has 0 radical (unpaired) electrons. The topological polar surface area (TPSA) is 127 Å². The van der Waals surface area contributed by atoms with Gasteiger partial charge in [0.25, 0.3) is 11.5 Å². The van der Waals surface area contributed by atoms with E-state index in [2.05, 4.69) is 0 Å². The van der Waals surface area contributed by atoms with E-state index in [0.29, 0.717) is 88.5 Å². The Kier molecular flexibility index (Phi) is 11.6. The molecule has 2 aliphatic heterocycles. The Morgan fingerprint density at radius 1 is 0.979 bits per heavy atom. The Bertz CT molecular complexity index is 1860. The van der Waals surface area contributed by atoms with Crippen LogP contribution in [0.5, 0.6) is 23.0 Å². The Morgan fingerprint density at radius 2 is 1.75 bits per heavy atom. The molecule has 3 aromatic rings. The fourth-order valence-corrected chi connectivity index (χ4v) is 6.69. The number of allylic oxidation sites excluding steroid dienone is 1. The Labute approximate surface area is 282 Å². The quantitative estimate of drug-likeness (QED) is 0.250. The number of nitrogens with zero attached hydrogens (tertiary/aromatic N) is 3. The molecule has 0 unspecified atom stereocenters. The molecule has 1 aromatic heterocycles. The third kappa shape index (κ3) is 7.42. The Morgan fingerprint density at radius 3 is 2.44 bits per heavy atom. The lowest BCUT2D eigenvalue weighted by Crippen LogP contribution is -2.43. The molecule has 1 atom stereocenters. The summed E-state index contributed by atoms with van der Waals surface area (Å²) in [5, 5.41) is 0. The monoisotopic (exact) mass is 679 g/mol. The second-order valence-corrected chi connectivity index (χ2v) is 12.0. The third-order valence-electron chi connectivity index (χ3n) is 7.90. The lowest BCUT2D eigenvalue weighted by molar-refractivity contribution is -0.139. The van der Waals surface area contributed by atoms with Gasteiger partial charge in [-0.1, -0.05) is 30.7 Å². The van der Waals surface area contributed by atoms with E-state index in [4.69, 9.17) is 33.4 Å². The second kappa shape index (κ2) is 16.0. The maximum absolute atomic E-state index is 14.3. The molecule has 13 heteroatoms. The van der Waals surface area contributed by atoms with E-state index >= 15 is 0 Å². The number of rotatable bonds is 13. The van der Waals surface area contributed by atoms with E-state index in [1.54, 1.807) is 61.4 Å². The number of aromatic nitrogens is 1. The smallest absolute Gasteiger partial charge is 0.338 e. The van der Waals surface area contributed by atoms with E-state index in [1.807, 2.05) is 13.8 Å². The van der Waals surface area contributed by atoms with Crippen LogP contribution < -0.4 is 33.8 Å². The highest BCUT2D eigenvalue weighted by atomic mass is 32.1. The first-order valence-electron chi connectivity index (χ1n) is 16.0. The molecule has 48 heavy (non-hydrogen) atoms. The number of morpholine rings is 1. The highest BCUT2D eigenvalue weighted by molar-refractivity contribution is 7.07. The van der Waals surface area contributed by atoms with Crippen molar-refractivity contribution in [2.45, 2.75) is 39.7 Å². The van der Waals surface area contributed by atoms with Crippen LogP contribution >= 0.6 is 11.3 Å². The number of fused-ring (bicyclic) bond motifs is 1. The van der Waals surface area contributed by atoms with Crippen molar-refractivity contribution in [3.8, 4) is 23.0 Å². The van der Waals surface area contributed by atoms with Gasteiger partial charge in [-0.15, -0.1) is 0 Å². The number of esters is 1. The van der Waals surface area contributed by atoms with Crippen molar-refractivity contribution in [3.63, 3.8) is 0 Å². The van der Waals surface area contributed by atoms with Gasteiger partial charge in [-0.05, 0) is 62.2 Å². The average molecular weight is 680 g/mol. The lowest BCUT2D eigenvalue weighted by atomic mass is 9.93. The van der Waals surface area contributed by atoms with Crippen molar-refractivity contribution in [2.75, 3.05) is 60.3 Å². The van der Waals surface area contributed by atoms with Crippen LogP contribution in [0.4, 0.5) is 0 Å². The van der Waals surface area contributed by atoms with Gasteiger partial charge < -0.3 is 33.3 Å². The van der Waals surface area contributed by atoms with Gasteiger partial charge in [0.05, 0.1) is 56.4 Å². The summed E-state index contributed by atoms with van der Waals surface area (Å²) in [5.74, 6) is 1.23. The fraction of sp³-hybridized carbons (Fsp3) is 0.429. The number of benzene rings is 2. The number of ether oxygens (including phenoxy) is 6. The van der Waals surface area contributed by atoms with Gasteiger partial charge in [0, 0.05) is 18.7 Å². The molecule has 0 N–H and O–H groups in total. The number of thiazole rings is 1. The van der Waals surface area contributed by atoms with Crippen molar-refractivity contribution < 1.29 is 38.0 Å². The van der Waals surface area contributed by atoms with Crippen LogP contribution in [0.15, 0.2) is 57.5 Å². The maximum atomic E-state index is 14.3. The van der Waals surface area contributed by atoms with Crippen molar-refractivity contribution in [2.24, 2.45) is 4.99 Å². The molecule has 0 aliphatic carbocycles. The third-order valence-corrected chi connectivity index (χ3v) is 8.89. The first kappa shape index (κ1) is 34.7. The van der Waals surface area contributed by atoms with E-state index in [-0.39, 0.29) is 30.3 Å². The van der Waals surface area contributed by atoms with E-state index in [1.165, 1.54) is 23.0 Å². The number of carbonyl (C=O) groups excluding carboxylic acids is 2. The molecule has 256 valence electrons. The molecular weight excluding hydrogens is 638 g/mol. The predicted molar refractivity (Wildman–Crippen MR) is 180 cm³/mol. The van der Waals surface area contributed by atoms with E-state index in [9.17, 15) is 14.4 Å². The van der Waals surface area contributed by atoms with Gasteiger partial charge in [0.2, 0.25) is 0 Å². The van der Waals surface area contributed by atoms with Gasteiger partial charge in [0.1, 0.15) is 17.5 Å². The average Bonchev–Trinajstić information content (AvgIpc) is 3.41. The molecule has 2 aliphatic rings. The number of amides is 1. The minimum absolute atomic E-state index is 0.127. The van der Waals surface area contributed by atoms with Gasteiger partial charge in [-0.2, -0.15) is 0 Å². The lowest BCUT2D eigenvalue weighted by Gasteiger charge is -2.27. The Hall–Kier alpha value is -4.62. The SMILES string of the molecule is CCCC1=C(C(=O)OCC)[C@@H](c2cc(OC)ccc2OC)n2c(s/c(=C\c3ccc(OCC(=O)N4CCOCC4)c(OCC)c3)c2=O)=N1. The first-order chi connectivity index (χ1) is 23.3. The van der Waals surface area contributed by atoms with E-state index < -0.39 is 12.0 Å². The number of hydrogen-bond donors (Lipinski definition) is 0. The highest BCUT2D eigenvalue weighted by Crippen LogP contribution is 2.39. The van der Waals surface area contributed by atoms with Crippen LogP contribution in [0.3, 0.4) is 0 Å². The molecule has 12 nitrogen and oxygen atoms in total. The van der Waals surface area contributed by atoms with Crippen molar-refractivity contribution in [3.05, 3.63) is 78.5 Å². The summed E-state index contributed by atoms with van der Waals surface area (Å²) in [6, 6.07) is 9.70. The first-order valence-corrected chi connectivity index (χ1v) is 16.8. The molecule has 0 bridgehead atoms.